The topological polar surface area (TPSA) is 29.1 Å². The number of carbonyl (C=O) groups is 1. The smallest absolute Gasteiger partial charge is 0.257 e. The molecule has 0 fully saturated rings. The molecular formula is C13H7BrClF2NO. The Labute approximate surface area is 121 Å². The quantitative estimate of drug-likeness (QED) is 0.844. The predicted octanol–water partition coefficient (Wildman–Crippen LogP) is 4.63. The average Bonchev–Trinajstić information content (AvgIpc) is 2.32. The second-order valence-electron chi connectivity index (χ2n) is 3.70. The van der Waals surface area contributed by atoms with Crippen LogP contribution in [0, 0.1) is 11.6 Å². The Balaban J connectivity index is 2.25. The summed E-state index contributed by atoms with van der Waals surface area (Å²) in [5, 5.41) is 2.34. The van der Waals surface area contributed by atoms with Crippen LogP contribution >= 0.6 is 27.5 Å². The van der Waals surface area contributed by atoms with Gasteiger partial charge in [0.05, 0.1) is 16.3 Å². The molecule has 1 N–H and O–H groups in total. The Hall–Kier alpha value is -1.46. The van der Waals surface area contributed by atoms with Gasteiger partial charge in [0.15, 0.2) is 0 Å². The van der Waals surface area contributed by atoms with Crippen molar-refractivity contribution < 1.29 is 13.6 Å². The maximum absolute atomic E-state index is 13.6. The Morgan fingerprint density at radius 3 is 2.53 bits per heavy atom. The van der Waals surface area contributed by atoms with Crippen LogP contribution in [-0.2, 0) is 0 Å². The summed E-state index contributed by atoms with van der Waals surface area (Å²) < 4.78 is 27.0. The van der Waals surface area contributed by atoms with Crippen LogP contribution < -0.4 is 5.32 Å². The molecule has 0 saturated heterocycles. The summed E-state index contributed by atoms with van der Waals surface area (Å²) in [6.45, 7) is 0. The van der Waals surface area contributed by atoms with E-state index in [4.69, 9.17) is 11.6 Å². The van der Waals surface area contributed by atoms with E-state index in [9.17, 15) is 13.6 Å². The minimum Gasteiger partial charge on any atom is -0.319 e. The van der Waals surface area contributed by atoms with Crippen molar-refractivity contribution in [2.75, 3.05) is 5.32 Å². The van der Waals surface area contributed by atoms with Crippen molar-refractivity contribution in [2.24, 2.45) is 0 Å². The monoisotopic (exact) mass is 345 g/mol. The highest BCUT2D eigenvalue weighted by molar-refractivity contribution is 9.10. The van der Waals surface area contributed by atoms with Crippen LogP contribution in [0.1, 0.15) is 10.4 Å². The van der Waals surface area contributed by atoms with Crippen LogP contribution in [0.2, 0.25) is 5.02 Å². The number of carbonyl (C=O) groups excluding carboxylic acids is 1. The lowest BCUT2D eigenvalue weighted by Crippen LogP contribution is -2.13. The second-order valence-corrected chi connectivity index (χ2v) is 5.03. The van der Waals surface area contributed by atoms with E-state index in [1.807, 2.05) is 0 Å². The van der Waals surface area contributed by atoms with Gasteiger partial charge in [-0.2, -0.15) is 0 Å². The second kappa shape index (κ2) is 5.67. The SMILES string of the molecule is O=C(Nc1ccc(Br)cc1F)c1ccc(F)cc1Cl. The fourth-order valence-corrected chi connectivity index (χ4v) is 2.04. The Morgan fingerprint density at radius 1 is 1.16 bits per heavy atom. The van der Waals surface area contributed by atoms with Crippen LogP contribution in [0.15, 0.2) is 40.9 Å². The Kier molecular flexibility index (Phi) is 4.17. The third kappa shape index (κ3) is 3.30. The van der Waals surface area contributed by atoms with Gasteiger partial charge < -0.3 is 5.32 Å². The normalized spacial score (nSPS) is 10.3. The molecule has 0 heterocycles. The van der Waals surface area contributed by atoms with Gasteiger partial charge in [0.1, 0.15) is 11.6 Å². The van der Waals surface area contributed by atoms with Crippen LogP contribution in [0.25, 0.3) is 0 Å². The molecule has 0 aliphatic rings. The number of rotatable bonds is 2. The summed E-state index contributed by atoms with van der Waals surface area (Å²) >= 11 is 8.87. The minimum absolute atomic E-state index is 0.0218. The molecule has 0 aromatic heterocycles. The molecule has 2 aromatic rings. The third-order valence-corrected chi connectivity index (χ3v) is 3.16. The van der Waals surface area contributed by atoms with Gasteiger partial charge in [-0.25, -0.2) is 8.78 Å². The molecule has 2 rings (SSSR count). The van der Waals surface area contributed by atoms with E-state index in [1.165, 1.54) is 18.2 Å². The summed E-state index contributed by atoms with van der Waals surface area (Å²) in [6.07, 6.45) is 0. The molecule has 0 aliphatic heterocycles. The van der Waals surface area contributed by atoms with Crippen LogP contribution in [0.3, 0.4) is 0 Å². The summed E-state index contributed by atoms with van der Waals surface area (Å²) in [5.41, 5.74) is 0.0963. The number of amides is 1. The van der Waals surface area contributed by atoms with Gasteiger partial charge in [0, 0.05) is 4.47 Å². The van der Waals surface area contributed by atoms with Crippen molar-refractivity contribution in [3.05, 3.63) is 63.1 Å². The number of hydrogen-bond donors (Lipinski definition) is 1. The molecule has 98 valence electrons. The van der Waals surface area contributed by atoms with Crippen molar-refractivity contribution in [3.63, 3.8) is 0 Å². The first kappa shape index (κ1) is 14.0. The predicted molar refractivity (Wildman–Crippen MR) is 73.5 cm³/mol. The Bertz CT molecular complexity index is 649. The number of hydrogen-bond acceptors (Lipinski definition) is 1. The number of benzene rings is 2. The lowest BCUT2D eigenvalue weighted by Gasteiger charge is -2.08. The van der Waals surface area contributed by atoms with Gasteiger partial charge in [-0.1, -0.05) is 27.5 Å². The first-order chi connectivity index (χ1) is 8.97. The fraction of sp³-hybridized carbons (Fsp3) is 0. The van der Waals surface area contributed by atoms with E-state index in [0.717, 1.165) is 12.1 Å². The lowest BCUT2D eigenvalue weighted by atomic mass is 10.2. The van der Waals surface area contributed by atoms with Gasteiger partial charge >= 0.3 is 0 Å². The van der Waals surface area contributed by atoms with Crippen molar-refractivity contribution >= 4 is 39.1 Å². The molecule has 0 aliphatic carbocycles. The summed E-state index contributed by atoms with van der Waals surface area (Å²) in [5.74, 6) is -1.73. The van der Waals surface area contributed by atoms with Gasteiger partial charge in [-0.3, -0.25) is 4.79 Å². The first-order valence-corrected chi connectivity index (χ1v) is 6.36. The van der Waals surface area contributed by atoms with E-state index in [2.05, 4.69) is 21.2 Å². The molecule has 2 aromatic carbocycles. The molecule has 19 heavy (non-hydrogen) atoms. The van der Waals surface area contributed by atoms with E-state index in [1.54, 1.807) is 6.07 Å². The fourth-order valence-electron chi connectivity index (χ4n) is 1.45. The maximum atomic E-state index is 13.6. The average molecular weight is 347 g/mol. The van der Waals surface area contributed by atoms with E-state index >= 15 is 0 Å². The molecule has 0 radical (unpaired) electrons. The maximum Gasteiger partial charge on any atom is 0.257 e. The number of halogens is 4. The molecule has 0 atom stereocenters. The van der Waals surface area contributed by atoms with Crippen LogP contribution in [0.5, 0.6) is 0 Å². The largest absolute Gasteiger partial charge is 0.319 e. The lowest BCUT2D eigenvalue weighted by molar-refractivity contribution is 0.102. The molecular weight excluding hydrogens is 340 g/mol. The van der Waals surface area contributed by atoms with E-state index < -0.39 is 17.5 Å². The number of anilines is 1. The first-order valence-electron chi connectivity index (χ1n) is 5.19. The summed E-state index contributed by atoms with van der Waals surface area (Å²) in [7, 11) is 0. The van der Waals surface area contributed by atoms with Crippen molar-refractivity contribution in [3.8, 4) is 0 Å². The highest BCUT2D eigenvalue weighted by atomic mass is 79.9. The highest BCUT2D eigenvalue weighted by Gasteiger charge is 2.13. The standard InChI is InChI=1S/C13H7BrClF2NO/c14-7-1-4-12(11(17)5-7)18-13(19)9-3-2-8(16)6-10(9)15/h1-6H,(H,18,19). The Morgan fingerprint density at radius 2 is 1.89 bits per heavy atom. The zero-order valence-corrected chi connectivity index (χ0v) is 11.7. The summed E-state index contributed by atoms with van der Waals surface area (Å²) in [6, 6.07) is 7.60. The van der Waals surface area contributed by atoms with Gasteiger partial charge in [-0.05, 0) is 36.4 Å². The molecule has 0 unspecified atom stereocenters. The third-order valence-electron chi connectivity index (χ3n) is 2.36. The molecule has 0 spiro atoms. The van der Waals surface area contributed by atoms with E-state index in [-0.39, 0.29) is 16.3 Å². The van der Waals surface area contributed by atoms with Gasteiger partial charge in [0.25, 0.3) is 5.91 Å². The number of nitrogens with one attached hydrogen (secondary N) is 1. The molecule has 1 amide bonds. The van der Waals surface area contributed by atoms with Crippen LogP contribution in [-0.4, -0.2) is 5.91 Å². The van der Waals surface area contributed by atoms with Gasteiger partial charge in [-0.15, -0.1) is 0 Å². The van der Waals surface area contributed by atoms with Crippen molar-refractivity contribution in [1.82, 2.24) is 0 Å². The molecule has 0 saturated carbocycles. The van der Waals surface area contributed by atoms with Crippen molar-refractivity contribution in [1.29, 1.82) is 0 Å². The molecule has 2 nitrogen and oxygen atoms in total. The highest BCUT2D eigenvalue weighted by Crippen LogP contribution is 2.22. The summed E-state index contributed by atoms with van der Waals surface area (Å²) in [4.78, 5) is 11.9. The molecule has 0 bridgehead atoms. The van der Waals surface area contributed by atoms with Crippen molar-refractivity contribution in [2.45, 2.75) is 0 Å². The minimum atomic E-state index is -0.605. The zero-order valence-electron chi connectivity index (χ0n) is 9.38. The van der Waals surface area contributed by atoms with E-state index in [0.29, 0.717) is 4.47 Å². The zero-order chi connectivity index (χ0) is 14.0. The molecule has 6 heteroatoms. The van der Waals surface area contributed by atoms with Gasteiger partial charge in [0.2, 0.25) is 0 Å². The van der Waals surface area contributed by atoms with Crippen LogP contribution in [0.4, 0.5) is 14.5 Å².